The summed E-state index contributed by atoms with van der Waals surface area (Å²) in [6, 6.07) is 5.03. The summed E-state index contributed by atoms with van der Waals surface area (Å²) in [5.74, 6) is -0.265. The summed E-state index contributed by atoms with van der Waals surface area (Å²) in [6.07, 6.45) is -3.75. The fourth-order valence-corrected chi connectivity index (χ4v) is 1.28. The van der Waals surface area contributed by atoms with Crippen LogP contribution >= 0.6 is 0 Å². The van der Waals surface area contributed by atoms with Crippen LogP contribution in [-0.2, 0) is 22.2 Å². The molecule has 1 aromatic carbocycles. The average molecular weight is 261 g/mol. The predicted molar refractivity (Wildman–Crippen MR) is 59.5 cm³/mol. The van der Waals surface area contributed by atoms with Gasteiger partial charge in [-0.05, 0) is 18.1 Å². The molecule has 1 aromatic rings. The Kier molecular flexibility index (Phi) is 5.15. The molecule has 0 aliphatic heterocycles. The first kappa shape index (κ1) is 14.5. The number of carbonyl (C=O) groups excluding carboxylic acids is 1. The molecule has 6 heteroatoms. The molecule has 0 aliphatic carbocycles. The maximum atomic E-state index is 12.4. The van der Waals surface area contributed by atoms with Gasteiger partial charge in [0, 0.05) is 6.42 Å². The van der Waals surface area contributed by atoms with E-state index in [0.717, 1.165) is 12.1 Å². The monoisotopic (exact) mass is 261 g/mol. The summed E-state index contributed by atoms with van der Waals surface area (Å²) >= 11 is 0. The van der Waals surface area contributed by atoms with Crippen molar-refractivity contribution in [2.24, 2.45) is 0 Å². The lowest BCUT2D eigenvalue weighted by Gasteiger charge is -2.09. The second kappa shape index (κ2) is 6.39. The molecule has 1 N–H and O–H groups in total. The number of hydrogen-bond acceptors (Lipinski definition) is 2. The highest BCUT2D eigenvalue weighted by molar-refractivity contribution is 5.74. The summed E-state index contributed by atoms with van der Waals surface area (Å²) in [5, 5.41) is 0. The average Bonchev–Trinajstić information content (AvgIpc) is 2.33. The molecule has 0 atom stereocenters. The number of halogens is 3. The van der Waals surface area contributed by atoms with E-state index in [1.54, 1.807) is 13.0 Å². The highest BCUT2D eigenvalue weighted by Crippen LogP contribution is 2.29. The van der Waals surface area contributed by atoms with Gasteiger partial charge in [0.1, 0.15) is 0 Å². The standard InChI is InChI=1S/C12H14F3NO2/c1-2-11(17)16-18-7-6-9-4-3-5-10(8-9)12(13,14)15/h3-5,8H,2,6-7H2,1H3,(H,16,17). The van der Waals surface area contributed by atoms with E-state index in [-0.39, 0.29) is 12.5 Å². The van der Waals surface area contributed by atoms with Gasteiger partial charge in [0.15, 0.2) is 0 Å². The van der Waals surface area contributed by atoms with Gasteiger partial charge in [-0.1, -0.05) is 25.1 Å². The number of rotatable bonds is 5. The molecular weight excluding hydrogens is 247 g/mol. The molecule has 1 amide bonds. The molecule has 0 saturated carbocycles. The van der Waals surface area contributed by atoms with Gasteiger partial charge < -0.3 is 0 Å². The maximum absolute atomic E-state index is 12.4. The lowest BCUT2D eigenvalue weighted by atomic mass is 10.1. The minimum Gasteiger partial charge on any atom is -0.273 e. The highest BCUT2D eigenvalue weighted by Gasteiger charge is 2.30. The molecule has 0 heterocycles. The second-order valence-electron chi connectivity index (χ2n) is 3.68. The Labute approximate surface area is 103 Å². The Hall–Kier alpha value is -1.56. The topological polar surface area (TPSA) is 38.3 Å². The number of hydrogen-bond donors (Lipinski definition) is 1. The van der Waals surface area contributed by atoms with Crippen LogP contribution in [0.15, 0.2) is 24.3 Å². The van der Waals surface area contributed by atoms with Crippen molar-refractivity contribution in [2.45, 2.75) is 25.9 Å². The molecule has 3 nitrogen and oxygen atoms in total. The van der Waals surface area contributed by atoms with Crippen molar-refractivity contribution in [3.8, 4) is 0 Å². The van der Waals surface area contributed by atoms with Crippen LogP contribution in [0.5, 0.6) is 0 Å². The summed E-state index contributed by atoms with van der Waals surface area (Å²) in [6.45, 7) is 1.80. The Bertz CT molecular complexity index is 405. The minimum absolute atomic E-state index is 0.132. The summed E-state index contributed by atoms with van der Waals surface area (Å²) in [7, 11) is 0. The quantitative estimate of drug-likeness (QED) is 0.653. The lowest BCUT2D eigenvalue weighted by molar-refractivity contribution is -0.137. The highest BCUT2D eigenvalue weighted by atomic mass is 19.4. The fourth-order valence-electron chi connectivity index (χ4n) is 1.28. The summed E-state index contributed by atoms with van der Waals surface area (Å²) in [5.41, 5.74) is 2.01. The van der Waals surface area contributed by atoms with Crippen molar-refractivity contribution in [3.63, 3.8) is 0 Å². The van der Waals surface area contributed by atoms with E-state index in [9.17, 15) is 18.0 Å². The number of carbonyl (C=O) groups is 1. The van der Waals surface area contributed by atoms with Crippen LogP contribution in [0.4, 0.5) is 13.2 Å². The molecule has 100 valence electrons. The Morgan fingerprint density at radius 1 is 1.39 bits per heavy atom. The van der Waals surface area contributed by atoms with Gasteiger partial charge >= 0.3 is 6.18 Å². The van der Waals surface area contributed by atoms with Crippen molar-refractivity contribution in [1.29, 1.82) is 0 Å². The van der Waals surface area contributed by atoms with Crippen LogP contribution in [0.2, 0.25) is 0 Å². The number of alkyl halides is 3. The first-order valence-electron chi connectivity index (χ1n) is 5.50. The van der Waals surface area contributed by atoms with E-state index in [0.29, 0.717) is 18.4 Å². The zero-order chi connectivity index (χ0) is 13.6. The van der Waals surface area contributed by atoms with E-state index in [1.165, 1.54) is 6.07 Å². The molecule has 0 bridgehead atoms. The molecule has 0 spiro atoms. The summed E-state index contributed by atoms with van der Waals surface area (Å²) < 4.78 is 37.3. The molecule has 0 saturated heterocycles. The third kappa shape index (κ3) is 4.75. The third-order valence-corrected chi connectivity index (χ3v) is 2.25. The number of benzene rings is 1. The van der Waals surface area contributed by atoms with Crippen LogP contribution in [0, 0.1) is 0 Å². The van der Waals surface area contributed by atoms with E-state index >= 15 is 0 Å². The molecule has 0 fully saturated rings. The molecular formula is C12H14F3NO2. The van der Waals surface area contributed by atoms with Crippen molar-refractivity contribution in [3.05, 3.63) is 35.4 Å². The van der Waals surface area contributed by atoms with E-state index in [1.807, 2.05) is 0 Å². The Balaban J connectivity index is 2.46. The van der Waals surface area contributed by atoms with Gasteiger partial charge in [0.05, 0.1) is 12.2 Å². The predicted octanol–water partition coefficient (Wildman–Crippen LogP) is 2.71. The second-order valence-corrected chi connectivity index (χ2v) is 3.68. The normalized spacial score (nSPS) is 11.3. The number of nitrogens with one attached hydrogen (secondary N) is 1. The Morgan fingerprint density at radius 3 is 2.72 bits per heavy atom. The van der Waals surface area contributed by atoms with Gasteiger partial charge in [-0.15, -0.1) is 0 Å². The number of amides is 1. The fraction of sp³-hybridized carbons (Fsp3) is 0.417. The van der Waals surface area contributed by atoms with Crippen molar-refractivity contribution in [1.82, 2.24) is 5.48 Å². The van der Waals surface area contributed by atoms with Crippen molar-refractivity contribution in [2.75, 3.05) is 6.61 Å². The molecule has 0 aromatic heterocycles. The van der Waals surface area contributed by atoms with Crippen LogP contribution in [0.25, 0.3) is 0 Å². The van der Waals surface area contributed by atoms with E-state index < -0.39 is 11.7 Å². The van der Waals surface area contributed by atoms with E-state index in [2.05, 4.69) is 5.48 Å². The third-order valence-electron chi connectivity index (χ3n) is 2.25. The Morgan fingerprint density at radius 2 is 2.11 bits per heavy atom. The van der Waals surface area contributed by atoms with E-state index in [4.69, 9.17) is 4.84 Å². The molecule has 0 aliphatic rings. The molecule has 0 unspecified atom stereocenters. The smallest absolute Gasteiger partial charge is 0.273 e. The van der Waals surface area contributed by atoms with Crippen LogP contribution in [0.3, 0.4) is 0 Å². The van der Waals surface area contributed by atoms with Gasteiger partial charge in [0.2, 0.25) is 5.91 Å². The number of hydroxylamine groups is 1. The van der Waals surface area contributed by atoms with Crippen LogP contribution in [0.1, 0.15) is 24.5 Å². The van der Waals surface area contributed by atoms with Gasteiger partial charge in [0.25, 0.3) is 0 Å². The zero-order valence-electron chi connectivity index (χ0n) is 9.88. The lowest BCUT2D eigenvalue weighted by Crippen LogP contribution is -2.23. The van der Waals surface area contributed by atoms with Gasteiger partial charge in [-0.25, -0.2) is 5.48 Å². The first-order chi connectivity index (χ1) is 8.43. The van der Waals surface area contributed by atoms with Crippen molar-refractivity contribution >= 4 is 5.91 Å². The molecule has 0 radical (unpaired) electrons. The zero-order valence-corrected chi connectivity index (χ0v) is 9.88. The minimum atomic E-state index is -4.34. The van der Waals surface area contributed by atoms with Gasteiger partial charge in [-0.2, -0.15) is 13.2 Å². The van der Waals surface area contributed by atoms with Crippen LogP contribution < -0.4 is 5.48 Å². The maximum Gasteiger partial charge on any atom is 0.416 e. The first-order valence-corrected chi connectivity index (χ1v) is 5.50. The summed E-state index contributed by atoms with van der Waals surface area (Å²) in [4.78, 5) is 15.7. The van der Waals surface area contributed by atoms with Crippen molar-refractivity contribution < 1.29 is 22.8 Å². The van der Waals surface area contributed by atoms with Crippen LogP contribution in [-0.4, -0.2) is 12.5 Å². The molecule has 18 heavy (non-hydrogen) atoms. The largest absolute Gasteiger partial charge is 0.416 e. The molecule has 1 rings (SSSR count). The van der Waals surface area contributed by atoms with Gasteiger partial charge in [-0.3, -0.25) is 9.63 Å². The SMILES string of the molecule is CCC(=O)NOCCc1cccc(C(F)(F)F)c1.